The maximum absolute atomic E-state index is 12.3. The van der Waals surface area contributed by atoms with Gasteiger partial charge in [-0.15, -0.1) is 0 Å². The number of nitrogens with one attached hydrogen (secondary N) is 2. The van der Waals surface area contributed by atoms with E-state index in [0.717, 1.165) is 0 Å². The van der Waals surface area contributed by atoms with E-state index in [0.29, 0.717) is 11.4 Å². The minimum Gasteiger partial charge on any atom is -0.482 e. The lowest BCUT2D eigenvalue weighted by molar-refractivity contribution is -0.123. The molecule has 0 radical (unpaired) electrons. The van der Waals surface area contributed by atoms with Crippen LogP contribution in [0.3, 0.4) is 0 Å². The van der Waals surface area contributed by atoms with Crippen molar-refractivity contribution in [3.8, 4) is 5.75 Å². The van der Waals surface area contributed by atoms with Crippen LogP contribution >= 0.6 is 34.8 Å². The van der Waals surface area contributed by atoms with Crippen LogP contribution in [0, 0.1) is 0 Å². The molecule has 146 valence electrons. The van der Waals surface area contributed by atoms with Gasteiger partial charge in [0.2, 0.25) is 0 Å². The molecule has 28 heavy (non-hydrogen) atoms. The van der Waals surface area contributed by atoms with Crippen molar-refractivity contribution in [1.29, 1.82) is 0 Å². The number of carbonyl (C=O) groups excluding carboxylic acids is 3. The van der Waals surface area contributed by atoms with Gasteiger partial charge in [0.25, 0.3) is 11.8 Å². The Bertz CT molecular complexity index is 980. The fourth-order valence-corrected chi connectivity index (χ4v) is 2.93. The predicted molar refractivity (Wildman–Crippen MR) is 106 cm³/mol. The van der Waals surface area contributed by atoms with E-state index in [2.05, 4.69) is 10.6 Å². The summed E-state index contributed by atoms with van der Waals surface area (Å²) >= 11 is 17.8. The quantitative estimate of drug-likeness (QED) is 0.546. The largest absolute Gasteiger partial charge is 0.482 e. The van der Waals surface area contributed by atoms with E-state index in [9.17, 15) is 14.4 Å². The number of anilines is 2. The first-order valence-electron chi connectivity index (χ1n) is 7.97. The molecule has 0 saturated heterocycles. The van der Waals surface area contributed by atoms with Crippen LogP contribution in [-0.4, -0.2) is 30.5 Å². The summed E-state index contributed by atoms with van der Waals surface area (Å²) in [7, 11) is 0. The van der Waals surface area contributed by atoms with E-state index in [1.54, 1.807) is 0 Å². The Kier molecular flexibility index (Phi) is 5.98. The normalized spacial score (nSPS) is 13.6. The first kappa shape index (κ1) is 20.3. The zero-order valence-corrected chi connectivity index (χ0v) is 16.6. The van der Waals surface area contributed by atoms with Gasteiger partial charge < -0.3 is 20.1 Å². The maximum atomic E-state index is 12.3. The van der Waals surface area contributed by atoms with Crippen LogP contribution in [0.15, 0.2) is 30.3 Å². The molecular formula is C18H13Cl3N2O5. The Morgan fingerprint density at radius 2 is 1.86 bits per heavy atom. The van der Waals surface area contributed by atoms with E-state index >= 15 is 0 Å². The van der Waals surface area contributed by atoms with Crippen molar-refractivity contribution in [1.82, 2.24) is 0 Å². The number of amides is 2. The van der Waals surface area contributed by atoms with Gasteiger partial charge in [0.1, 0.15) is 5.75 Å². The average Bonchev–Trinajstić information content (AvgIpc) is 2.65. The number of esters is 1. The molecule has 1 aliphatic heterocycles. The molecule has 7 nitrogen and oxygen atoms in total. The third-order valence-electron chi connectivity index (χ3n) is 3.77. The van der Waals surface area contributed by atoms with Crippen LogP contribution in [-0.2, 0) is 14.3 Å². The summed E-state index contributed by atoms with van der Waals surface area (Å²) in [4.78, 5) is 35.9. The topological polar surface area (TPSA) is 93.7 Å². The number of carbonyl (C=O) groups is 3. The summed E-state index contributed by atoms with van der Waals surface area (Å²) in [6, 6.07) is 7.19. The number of hydrogen-bond acceptors (Lipinski definition) is 5. The van der Waals surface area contributed by atoms with Crippen molar-refractivity contribution in [3.63, 3.8) is 0 Å². The SMILES string of the molecule is CC(OC(=O)c1ccc2c(c1)OCC(=O)N2)C(=O)Nc1cc(Cl)c(Cl)cc1Cl. The minimum atomic E-state index is -1.12. The van der Waals surface area contributed by atoms with Crippen molar-refractivity contribution in [2.24, 2.45) is 0 Å². The predicted octanol–water partition coefficient (Wildman–Crippen LogP) is 4.16. The zero-order valence-electron chi connectivity index (χ0n) is 14.3. The van der Waals surface area contributed by atoms with Crippen LogP contribution in [0.25, 0.3) is 0 Å². The Balaban J connectivity index is 1.66. The van der Waals surface area contributed by atoms with E-state index in [-0.39, 0.29) is 38.8 Å². The summed E-state index contributed by atoms with van der Waals surface area (Å²) < 4.78 is 10.4. The highest BCUT2D eigenvalue weighted by molar-refractivity contribution is 6.44. The maximum Gasteiger partial charge on any atom is 0.339 e. The summed E-state index contributed by atoms with van der Waals surface area (Å²) in [5.41, 5.74) is 0.858. The van der Waals surface area contributed by atoms with E-state index < -0.39 is 18.0 Å². The zero-order chi connectivity index (χ0) is 20.4. The highest BCUT2D eigenvalue weighted by Crippen LogP contribution is 2.32. The first-order chi connectivity index (χ1) is 13.2. The van der Waals surface area contributed by atoms with E-state index in [4.69, 9.17) is 44.3 Å². The third kappa shape index (κ3) is 4.49. The van der Waals surface area contributed by atoms with Gasteiger partial charge in [-0.05, 0) is 37.3 Å². The Hall–Kier alpha value is -2.48. The molecule has 2 amide bonds. The molecule has 1 aliphatic rings. The van der Waals surface area contributed by atoms with Crippen LogP contribution in [0.5, 0.6) is 5.75 Å². The molecule has 10 heteroatoms. The second kappa shape index (κ2) is 8.26. The monoisotopic (exact) mass is 442 g/mol. The molecular weight excluding hydrogens is 431 g/mol. The Morgan fingerprint density at radius 1 is 1.14 bits per heavy atom. The number of fused-ring (bicyclic) bond motifs is 1. The number of rotatable bonds is 4. The van der Waals surface area contributed by atoms with E-state index in [1.807, 2.05) is 0 Å². The second-order valence-corrected chi connectivity index (χ2v) is 7.05. The van der Waals surface area contributed by atoms with Gasteiger partial charge in [0, 0.05) is 0 Å². The first-order valence-corrected chi connectivity index (χ1v) is 9.11. The molecule has 0 aliphatic carbocycles. The molecule has 0 aromatic heterocycles. The van der Waals surface area contributed by atoms with Gasteiger partial charge in [-0.3, -0.25) is 9.59 Å². The second-order valence-electron chi connectivity index (χ2n) is 5.83. The highest BCUT2D eigenvalue weighted by atomic mass is 35.5. The summed E-state index contributed by atoms with van der Waals surface area (Å²) in [5.74, 6) is -1.27. The molecule has 0 fully saturated rings. The fraction of sp³-hybridized carbons (Fsp3) is 0.167. The molecule has 0 bridgehead atoms. The van der Waals surface area contributed by atoms with Gasteiger partial charge in [-0.1, -0.05) is 34.8 Å². The van der Waals surface area contributed by atoms with Crippen molar-refractivity contribution >= 4 is 64.0 Å². The van der Waals surface area contributed by atoms with Gasteiger partial charge in [-0.2, -0.15) is 0 Å². The third-order valence-corrected chi connectivity index (χ3v) is 4.81. The molecule has 3 rings (SSSR count). The van der Waals surface area contributed by atoms with Gasteiger partial charge in [0.05, 0.1) is 32.0 Å². The molecule has 2 aromatic carbocycles. The van der Waals surface area contributed by atoms with Crippen molar-refractivity contribution in [2.75, 3.05) is 17.2 Å². The van der Waals surface area contributed by atoms with Gasteiger partial charge >= 0.3 is 5.97 Å². The lowest BCUT2D eigenvalue weighted by atomic mass is 10.1. The molecule has 2 N–H and O–H groups in total. The Labute approximate surface area is 174 Å². The van der Waals surface area contributed by atoms with Crippen LogP contribution in [0.1, 0.15) is 17.3 Å². The van der Waals surface area contributed by atoms with Gasteiger partial charge in [-0.25, -0.2) is 4.79 Å². The molecule has 0 spiro atoms. The summed E-state index contributed by atoms with van der Waals surface area (Å²) in [6.07, 6.45) is -1.12. The van der Waals surface area contributed by atoms with Crippen LogP contribution < -0.4 is 15.4 Å². The molecule has 1 unspecified atom stereocenters. The lowest BCUT2D eigenvalue weighted by Gasteiger charge is -2.19. The standard InChI is InChI=1S/C18H13Cl3N2O5/c1-8(17(25)23-14-6-11(20)10(19)5-12(14)21)28-18(26)9-2-3-13-15(4-9)27-7-16(24)22-13/h2-6,8H,7H2,1H3,(H,22,24)(H,23,25). The number of halogens is 3. The Morgan fingerprint density at radius 3 is 2.61 bits per heavy atom. The number of ether oxygens (including phenoxy) is 2. The lowest BCUT2D eigenvalue weighted by Crippen LogP contribution is -2.30. The molecule has 2 aromatic rings. The summed E-state index contributed by atoms with van der Waals surface area (Å²) in [6.45, 7) is 1.27. The summed E-state index contributed by atoms with van der Waals surface area (Å²) in [5, 5.41) is 5.79. The van der Waals surface area contributed by atoms with Crippen LogP contribution in [0.4, 0.5) is 11.4 Å². The van der Waals surface area contributed by atoms with Crippen molar-refractivity contribution < 1.29 is 23.9 Å². The minimum absolute atomic E-state index is 0.144. The molecule has 0 saturated carbocycles. The van der Waals surface area contributed by atoms with Gasteiger partial charge in [0.15, 0.2) is 12.7 Å². The van der Waals surface area contributed by atoms with Crippen LogP contribution in [0.2, 0.25) is 15.1 Å². The number of benzene rings is 2. The van der Waals surface area contributed by atoms with E-state index in [1.165, 1.54) is 37.3 Å². The molecule has 1 atom stereocenters. The number of hydrogen-bond donors (Lipinski definition) is 2. The van der Waals surface area contributed by atoms with Crippen molar-refractivity contribution in [2.45, 2.75) is 13.0 Å². The smallest absolute Gasteiger partial charge is 0.339 e. The average molecular weight is 444 g/mol. The van der Waals surface area contributed by atoms with Crippen molar-refractivity contribution in [3.05, 3.63) is 51.0 Å². The molecule has 1 heterocycles. The highest BCUT2D eigenvalue weighted by Gasteiger charge is 2.23. The fourth-order valence-electron chi connectivity index (χ4n) is 2.34.